The average molecular weight is 187 g/mol. The Hall–Kier alpha value is -0.480. The van der Waals surface area contributed by atoms with Crippen LogP contribution in [0.4, 0.5) is 4.39 Å². The van der Waals surface area contributed by atoms with Crippen molar-refractivity contribution < 1.29 is 9.50 Å². The summed E-state index contributed by atoms with van der Waals surface area (Å²) in [4.78, 5) is 4.79. The Labute approximate surface area is 74.1 Å². The second-order valence-corrected chi connectivity index (χ2v) is 4.28. The molecule has 1 heterocycles. The van der Waals surface area contributed by atoms with Gasteiger partial charge < -0.3 is 5.11 Å². The molecule has 4 heteroatoms. The zero-order valence-corrected chi connectivity index (χ0v) is 7.62. The summed E-state index contributed by atoms with van der Waals surface area (Å²) < 4.78 is 12.3. The molecule has 1 aromatic heterocycles. The van der Waals surface area contributed by atoms with Crippen molar-refractivity contribution in [1.29, 1.82) is 0 Å². The normalized spacial score (nSPS) is 19.6. The average Bonchev–Trinajstić information content (AvgIpc) is 2.65. The molecule has 2 rings (SSSR count). The third-order valence-corrected chi connectivity index (χ3v) is 3.45. The number of alkyl halides is 1. The molecular formula is C8H10FNOS. The van der Waals surface area contributed by atoms with E-state index in [1.54, 1.807) is 6.92 Å². The first kappa shape index (κ1) is 8.13. The Balaban J connectivity index is 2.34. The van der Waals surface area contributed by atoms with Crippen LogP contribution in [0.1, 0.15) is 28.4 Å². The molecule has 1 aliphatic carbocycles. The van der Waals surface area contributed by atoms with E-state index in [1.807, 2.05) is 0 Å². The third kappa shape index (κ3) is 1.15. The van der Waals surface area contributed by atoms with Crippen molar-refractivity contribution in [2.45, 2.75) is 32.0 Å². The van der Waals surface area contributed by atoms with Gasteiger partial charge in [0.05, 0.1) is 10.6 Å². The molecule has 0 unspecified atom stereocenters. The van der Waals surface area contributed by atoms with E-state index in [1.165, 1.54) is 11.3 Å². The predicted octanol–water partition coefficient (Wildman–Crippen LogP) is 1.90. The van der Waals surface area contributed by atoms with E-state index < -0.39 is 12.3 Å². The van der Waals surface area contributed by atoms with Gasteiger partial charge in [0, 0.05) is 0 Å². The number of hydrogen-bond donors (Lipinski definition) is 1. The molecule has 0 atom stereocenters. The molecule has 1 fully saturated rings. The number of aryl methyl sites for hydroxylation is 1. The van der Waals surface area contributed by atoms with Crippen LogP contribution in [0.15, 0.2) is 0 Å². The summed E-state index contributed by atoms with van der Waals surface area (Å²) in [5.74, 6) is 0. The lowest BCUT2D eigenvalue weighted by molar-refractivity contribution is 0.151. The zero-order chi connectivity index (χ0) is 8.77. The second-order valence-electron chi connectivity index (χ2n) is 3.19. The number of aromatic nitrogens is 1. The summed E-state index contributed by atoms with van der Waals surface area (Å²) in [6.07, 6.45) is 1.54. The van der Waals surface area contributed by atoms with E-state index in [0.717, 1.165) is 18.5 Å². The van der Waals surface area contributed by atoms with Gasteiger partial charge in [0.2, 0.25) is 0 Å². The Morgan fingerprint density at radius 2 is 2.33 bits per heavy atom. The summed E-state index contributed by atoms with van der Waals surface area (Å²) in [5.41, 5.74) is 0.0147. The maximum absolute atomic E-state index is 12.3. The minimum atomic E-state index is -0.706. The third-order valence-electron chi connectivity index (χ3n) is 2.14. The molecule has 2 nitrogen and oxygen atoms in total. The Morgan fingerprint density at radius 1 is 1.67 bits per heavy atom. The lowest BCUT2D eigenvalue weighted by Crippen LogP contribution is -2.02. The van der Waals surface area contributed by atoms with E-state index in [9.17, 15) is 9.50 Å². The highest BCUT2D eigenvalue weighted by Gasteiger charge is 2.45. The first-order valence-corrected chi connectivity index (χ1v) is 4.72. The molecule has 0 saturated heterocycles. The van der Waals surface area contributed by atoms with Crippen molar-refractivity contribution in [3.05, 3.63) is 15.6 Å². The van der Waals surface area contributed by atoms with Crippen molar-refractivity contribution in [3.8, 4) is 0 Å². The van der Waals surface area contributed by atoms with Crippen LogP contribution in [0.5, 0.6) is 0 Å². The number of halogens is 1. The summed E-state index contributed by atoms with van der Waals surface area (Å²) in [7, 11) is 0. The topological polar surface area (TPSA) is 33.1 Å². The number of rotatable bonds is 2. The molecule has 0 aliphatic heterocycles. The van der Waals surface area contributed by atoms with Crippen LogP contribution >= 0.6 is 11.3 Å². The van der Waals surface area contributed by atoms with Crippen molar-refractivity contribution in [2.24, 2.45) is 0 Å². The first-order valence-electron chi connectivity index (χ1n) is 3.91. The van der Waals surface area contributed by atoms with Gasteiger partial charge >= 0.3 is 0 Å². The van der Waals surface area contributed by atoms with Crippen LogP contribution in [-0.4, -0.2) is 10.1 Å². The highest BCUT2D eigenvalue weighted by atomic mass is 32.1. The Kier molecular flexibility index (Phi) is 1.70. The Bertz CT molecular complexity index is 306. The van der Waals surface area contributed by atoms with Gasteiger partial charge in [-0.15, -0.1) is 11.3 Å². The van der Waals surface area contributed by atoms with Gasteiger partial charge in [-0.25, -0.2) is 9.37 Å². The number of nitrogens with zero attached hydrogens (tertiary/aromatic N) is 1. The van der Waals surface area contributed by atoms with Crippen molar-refractivity contribution in [2.75, 3.05) is 0 Å². The SMILES string of the molecule is Cc1nc(C2(O)CC2)sc1CF. The highest BCUT2D eigenvalue weighted by molar-refractivity contribution is 7.11. The smallest absolute Gasteiger partial charge is 0.126 e. The van der Waals surface area contributed by atoms with Crippen LogP contribution in [0.25, 0.3) is 0 Å². The fourth-order valence-corrected chi connectivity index (χ4v) is 2.14. The van der Waals surface area contributed by atoms with Crippen molar-refractivity contribution in [1.82, 2.24) is 4.98 Å². The van der Waals surface area contributed by atoms with Crippen LogP contribution in [0.3, 0.4) is 0 Å². The summed E-state index contributed by atoms with van der Waals surface area (Å²) in [5, 5.41) is 10.3. The molecule has 0 amide bonds. The zero-order valence-electron chi connectivity index (χ0n) is 6.80. The molecule has 12 heavy (non-hydrogen) atoms. The van der Waals surface area contributed by atoms with E-state index in [4.69, 9.17) is 0 Å². The summed E-state index contributed by atoms with van der Waals surface area (Å²) in [6, 6.07) is 0. The maximum atomic E-state index is 12.3. The lowest BCUT2D eigenvalue weighted by atomic mass is 10.3. The van der Waals surface area contributed by atoms with Crippen LogP contribution in [0.2, 0.25) is 0 Å². The number of aliphatic hydroxyl groups is 1. The van der Waals surface area contributed by atoms with E-state index in [-0.39, 0.29) is 0 Å². The fraction of sp³-hybridized carbons (Fsp3) is 0.625. The molecule has 1 saturated carbocycles. The second kappa shape index (κ2) is 2.50. The van der Waals surface area contributed by atoms with Gasteiger partial charge in [-0.05, 0) is 19.8 Å². The quantitative estimate of drug-likeness (QED) is 0.767. The van der Waals surface area contributed by atoms with Crippen LogP contribution in [-0.2, 0) is 12.3 Å². The predicted molar refractivity (Wildman–Crippen MR) is 44.8 cm³/mol. The van der Waals surface area contributed by atoms with Crippen molar-refractivity contribution >= 4 is 11.3 Å². The molecule has 1 aromatic rings. The molecule has 0 radical (unpaired) electrons. The molecule has 66 valence electrons. The number of hydrogen-bond acceptors (Lipinski definition) is 3. The number of thiazole rings is 1. The standard InChI is InChI=1S/C8H10FNOS/c1-5-6(4-9)12-7(10-5)8(11)2-3-8/h11H,2-4H2,1H3. The molecular weight excluding hydrogens is 177 g/mol. The van der Waals surface area contributed by atoms with E-state index in [0.29, 0.717) is 9.88 Å². The molecule has 0 spiro atoms. The van der Waals surface area contributed by atoms with Crippen molar-refractivity contribution in [3.63, 3.8) is 0 Å². The Morgan fingerprint density at radius 3 is 2.75 bits per heavy atom. The van der Waals surface area contributed by atoms with Crippen LogP contribution in [0, 0.1) is 6.92 Å². The first-order chi connectivity index (χ1) is 5.65. The van der Waals surface area contributed by atoms with Crippen LogP contribution < -0.4 is 0 Å². The van der Waals surface area contributed by atoms with E-state index in [2.05, 4.69) is 4.98 Å². The largest absolute Gasteiger partial charge is 0.383 e. The molecule has 1 N–H and O–H groups in total. The van der Waals surface area contributed by atoms with Gasteiger partial charge in [0.25, 0.3) is 0 Å². The molecule has 0 bridgehead atoms. The lowest BCUT2D eigenvalue weighted by Gasteiger charge is -1.99. The highest BCUT2D eigenvalue weighted by Crippen LogP contribution is 2.47. The molecule has 0 aromatic carbocycles. The van der Waals surface area contributed by atoms with Gasteiger partial charge in [0.1, 0.15) is 17.3 Å². The van der Waals surface area contributed by atoms with Gasteiger partial charge in [-0.1, -0.05) is 0 Å². The van der Waals surface area contributed by atoms with Gasteiger partial charge in [-0.2, -0.15) is 0 Å². The maximum Gasteiger partial charge on any atom is 0.126 e. The van der Waals surface area contributed by atoms with Gasteiger partial charge in [0.15, 0.2) is 0 Å². The molecule has 1 aliphatic rings. The minimum absolute atomic E-state index is 0.473. The fourth-order valence-electron chi connectivity index (χ4n) is 1.08. The summed E-state index contributed by atoms with van der Waals surface area (Å²) >= 11 is 1.29. The monoisotopic (exact) mass is 187 g/mol. The van der Waals surface area contributed by atoms with Gasteiger partial charge in [-0.3, -0.25) is 0 Å². The minimum Gasteiger partial charge on any atom is -0.383 e. The van der Waals surface area contributed by atoms with E-state index >= 15 is 0 Å². The summed E-state index contributed by atoms with van der Waals surface area (Å²) in [6.45, 7) is 1.31.